The fourth-order valence-corrected chi connectivity index (χ4v) is 0. The summed E-state index contributed by atoms with van der Waals surface area (Å²) in [5.74, 6) is 0.0324. The van der Waals surface area contributed by atoms with Crippen LogP contribution in [0, 0.1) is 6.58 Å². The fourth-order valence-electron chi connectivity index (χ4n) is 0. The van der Waals surface area contributed by atoms with Gasteiger partial charge in [0, 0.05) is 6.92 Å². The van der Waals surface area contributed by atoms with Crippen molar-refractivity contribution in [1.82, 2.24) is 0 Å². The highest BCUT2D eigenvalue weighted by Crippen LogP contribution is 1.70. The van der Waals surface area contributed by atoms with Gasteiger partial charge < -0.3 is 5.11 Å². The Hall–Kier alpha value is -0.680. The van der Waals surface area contributed by atoms with Gasteiger partial charge in [0.25, 0.3) is 0 Å². The Morgan fingerprint density at radius 2 is 2.20 bits per heavy atom. The monoisotopic (exact) mass is 69.0 g/mol. The Bertz CT molecular complexity index is 63.7. The van der Waals surface area contributed by atoms with Crippen LogP contribution in [0.1, 0.15) is 6.92 Å². The maximum Gasteiger partial charge on any atom is 0.132 e. The van der Waals surface area contributed by atoms with Crippen LogP contribution in [0.3, 0.4) is 0 Å². The molecule has 5 heavy (non-hydrogen) atoms. The molecule has 0 atom stereocenters. The van der Waals surface area contributed by atoms with Crippen molar-refractivity contribution in [2.24, 2.45) is 0 Å². The van der Waals surface area contributed by atoms with E-state index in [4.69, 9.17) is 5.11 Å². The van der Waals surface area contributed by atoms with E-state index in [1.165, 1.54) is 6.92 Å². The Balaban J connectivity index is 3.60. The van der Waals surface area contributed by atoms with E-state index in [1.54, 1.807) is 0 Å². The molecule has 0 heterocycles. The van der Waals surface area contributed by atoms with Crippen molar-refractivity contribution in [3.8, 4) is 0 Å². The summed E-state index contributed by atoms with van der Waals surface area (Å²) in [5, 5.41) is 8.04. The van der Waals surface area contributed by atoms with Gasteiger partial charge in [0.15, 0.2) is 0 Å². The summed E-state index contributed by atoms with van der Waals surface area (Å²) in [6, 6.07) is 0. The zero-order chi connectivity index (χ0) is 4.28. The minimum absolute atomic E-state index is 0.0324. The van der Waals surface area contributed by atoms with E-state index in [0.717, 1.165) is 0 Å². The smallest absolute Gasteiger partial charge is 0.132 e. The summed E-state index contributed by atoms with van der Waals surface area (Å²) >= 11 is 0. The largest absolute Gasteiger partial charge is 0.505 e. The summed E-state index contributed by atoms with van der Waals surface area (Å²) in [6.45, 7) is 6.09. The fraction of sp³-hybridized carbons (Fsp3) is 0.250. The van der Waals surface area contributed by atoms with Gasteiger partial charge in [0.05, 0.1) is 0 Å². The second-order valence-corrected chi connectivity index (χ2v) is 0.730. The number of aliphatic hydroxyl groups is 1. The molecule has 0 aromatic rings. The van der Waals surface area contributed by atoms with Gasteiger partial charge in [-0.15, -0.1) is 0 Å². The Morgan fingerprint density at radius 1 is 2.00 bits per heavy atom. The number of hydrogen-bond donors (Lipinski definition) is 1. The molecule has 0 aromatic carbocycles. The first-order valence-corrected chi connectivity index (χ1v) is 1.26. The number of allylic oxidation sites excluding steroid dienone is 1. The molecule has 1 radical (unpaired) electrons. The van der Waals surface area contributed by atoms with Gasteiger partial charge in [-0.3, -0.25) is 0 Å². The van der Waals surface area contributed by atoms with Crippen molar-refractivity contribution in [3.05, 3.63) is 18.1 Å². The van der Waals surface area contributed by atoms with Crippen LogP contribution in [0.4, 0.5) is 0 Å². The molecule has 0 aliphatic heterocycles. The average molecular weight is 69.1 g/mol. The zero-order valence-corrected chi connectivity index (χ0v) is 3.02. The molecule has 0 aliphatic rings. The van der Waals surface area contributed by atoms with E-state index < -0.39 is 0 Å². The molecule has 0 aliphatic carbocycles. The Morgan fingerprint density at radius 3 is 2.20 bits per heavy atom. The number of hydrogen-bond acceptors (Lipinski definition) is 1. The second kappa shape index (κ2) is 1.62. The minimum Gasteiger partial charge on any atom is -0.505 e. The molecule has 0 saturated carbocycles. The van der Waals surface area contributed by atoms with Gasteiger partial charge in [-0.25, -0.2) is 0 Å². The van der Waals surface area contributed by atoms with Crippen molar-refractivity contribution >= 4 is 0 Å². The van der Waals surface area contributed by atoms with Crippen molar-refractivity contribution in [3.63, 3.8) is 0 Å². The van der Waals surface area contributed by atoms with E-state index in [2.05, 4.69) is 6.58 Å². The molecule has 0 aromatic heterocycles. The van der Waals surface area contributed by atoms with Gasteiger partial charge in [-0.1, -0.05) is 5.73 Å². The first kappa shape index (κ1) is 4.32. The van der Waals surface area contributed by atoms with Gasteiger partial charge in [-0.2, -0.15) is 0 Å². The summed E-state index contributed by atoms with van der Waals surface area (Å²) in [4.78, 5) is 0. The third-order valence-electron chi connectivity index (χ3n) is 0.209. The lowest BCUT2D eigenvalue weighted by atomic mass is 10.6. The van der Waals surface area contributed by atoms with Gasteiger partial charge in [0.2, 0.25) is 0 Å². The van der Waals surface area contributed by atoms with Crippen molar-refractivity contribution in [2.45, 2.75) is 6.92 Å². The number of rotatable bonds is 0. The lowest BCUT2D eigenvalue weighted by Crippen LogP contribution is -1.56. The third-order valence-corrected chi connectivity index (χ3v) is 0.209. The lowest BCUT2D eigenvalue weighted by molar-refractivity contribution is 0.416. The molecule has 0 bridgehead atoms. The van der Waals surface area contributed by atoms with Crippen LogP contribution in [0.25, 0.3) is 0 Å². The van der Waals surface area contributed by atoms with E-state index in [-0.39, 0.29) is 5.76 Å². The van der Waals surface area contributed by atoms with Crippen LogP contribution in [0.5, 0.6) is 0 Å². The van der Waals surface area contributed by atoms with Crippen LogP contribution in [0.2, 0.25) is 0 Å². The molecule has 1 N–H and O–H groups in total. The highest BCUT2D eigenvalue weighted by molar-refractivity contribution is 4.76. The third kappa shape index (κ3) is 3.32. The predicted octanol–water partition coefficient (Wildman–Crippen LogP) is 1.04. The SMILES string of the molecule is [CH]=C=C(C)O. The molecule has 0 saturated heterocycles. The summed E-state index contributed by atoms with van der Waals surface area (Å²) in [5.41, 5.74) is 2.00. The average Bonchev–Trinajstić information content (AvgIpc) is 1.38. The van der Waals surface area contributed by atoms with Crippen molar-refractivity contribution in [2.75, 3.05) is 0 Å². The summed E-state index contributed by atoms with van der Waals surface area (Å²) in [7, 11) is 0. The Kier molecular flexibility index (Phi) is 1.40. The summed E-state index contributed by atoms with van der Waals surface area (Å²) < 4.78 is 0. The highest BCUT2D eigenvalue weighted by Gasteiger charge is 1.60. The minimum atomic E-state index is 0.0324. The quantitative estimate of drug-likeness (QED) is 0.333. The van der Waals surface area contributed by atoms with Crippen molar-refractivity contribution < 1.29 is 5.11 Å². The zero-order valence-electron chi connectivity index (χ0n) is 3.02. The van der Waals surface area contributed by atoms with Crippen LogP contribution >= 0.6 is 0 Å². The molecule has 0 spiro atoms. The lowest BCUT2D eigenvalue weighted by Gasteiger charge is -1.69. The predicted molar refractivity (Wildman–Crippen MR) is 19.6 cm³/mol. The molecule has 0 unspecified atom stereocenters. The van der Waals surface area contributed by atoms with E-state index in [1.807, 2.05) is 5.73 Å². The maximum atomic E-state index is 8.04. The molecule has 1 nitrogen and oxygen atoms in total. The molecule has 0 fully saturated rings. The molecule has 0 amide bonds. The summed E-state index contributed by atoms with van der Waals surface area (Å²) in [6.07, 6.45) is 0. The normalized spacial score (nSPS) is 5.80. The van der Waals surface area contributed by atoms with Gasteiger partial charge in [0.1, 0.15) is 5.76 Å². The maximum absolute atomic E-state index is 8.04. The topological polar surface area (TPSA) is 20.2 Å². The molecule has 0 rings (SSSR count). The van der Waals surface area contributed by atoms with Crippen LogP contribution in [-0.2, 0) is 0 Å². The van der Waals surface area contributed by atoms with E-state index in [0.29, 0.717) is 0 Å². The van der Waals surface area contributed by atoms with Crippen LogP contribution in [-0.4, -0.2) is 5.11 Å². The molecular formula is C4H5O. The second-order valence-electron chi connectivity index (χ2n) is 0.730. The molecular weight excluding hydrogens is 64.0 g/mol. The van der Waals surface area contributed by atoms with E-state index >= 15 is 0 Å². The standard InChI is InChI=1S/C4H5O/c1-3-4(2)5/h1,5H,2H3. The molecule has 1 heteroatoms. The first-order chi connectivity index (χ1) is 2.27. The number of aliphatic hydroxyl groups excluding tert-OH is 1. The van der Waals surface area contributed by atoms with Gasteiger partial charge >= 0.3 is 0 Å². The van der Waals surface area contributed by atoms with Crippen LogP contribution < -0.4 is 0 Å². The Labute approximate surface area is 31.2 Å². The van der Waals surface area contributed by atoms with Crippen molar-refractivity contribution in [1.29, 1.82) is 0 Å². The first-order valence-electron chi connectivity index (χ1n) is 1.26. The highest BCUT2D eigenvalue weighted by atomic mass is 16.3. The van der Waals surface area contributed by atoms with Crippen LogP contribution in [0.15, 0.2) is 11.5 Å². The van der Waals surface area contributed by atoms with Gasteiger partial charge in [-0.05, 0) is 6.58 Å². The van der Waals surface area contributed by atoms with E-state index in [9.17, 15) is 0 Å². The molecule has 27 valence electrons.